The van der Waals surface area contributed by atoms with Crippen LogP contribution in [0.1, 0.15) is 72.1 Å². The Kier molecular flexibility index (Phi) is 10.9. The van der Waals surface area contributed by atoms with E-state index in [9.17, 15) is 14.7 Å². The Morgan fingerprint density at radius 3 is 2.19 bits per heavy atom. The molecule has 0 aromatic rings. The van der Waals surface area contributed by atoms with Crippen LogP contribution in [-0.4, -0.2) is 29.1 Å². The van der Waals surface area contributed by atoms with Crippen LogP contribution < -0.4 is 11.1 Å². The first-order valence-corrected chi connectivity index (χ1v) is 8.16. The summed E-state index contributed by atoms with van der Waals surface area (Å²) in [7, 11) is 0. The minimum Gasteiger partial charge on any atom is -0.383 e. The first-order valence-electron chi connectivity index (χ1n) is 8.16. The Labute approximate surface area is 128 Å². The number of unbranched alkanes of at least 4 members (excludes halogenated alkanes) is 5. The van der Waals surface area contributed by atoms with Gasteiger partial charge >= 0.3 is 0 Å². The highest BCUT2D eigenvalue weighted by molar-refractivity contribution is 5.88. The molecule has 0 saturated heterocycles. The van der Waals surface area contributed by atoms with Gasteiger partial charge in [0.05, 0.1) is 0 Å². The van der Waals surface area contributed by atoms with Gasteiger partial charge in [-0.15, -0.1) is 0 Å². The lowest BCUT2D eigenvalue weighted by atomic mass is 10.0. The zero-order valence-electron chi connectivity index (χ0n) is 13.7. The quantitative estimate of drug-likeness (QED) is 0.482. The van der Waals surface area contributed by atoms with Crippen molar-refractivity contribution in [1.82, 2.24) is 5.32 Å². The van der Waals surface area contributed by atoms with Crippen molar-refractivity contribution in [1.29, 1.82) is 0 Å². The average molecular weight is 300 g/mol. The summed E-state index contributed by atoms with van der Waals surface area (Å²) >= 11 is 0. The van der Waals surface area contributed by atoms with Gasteiger partial charge in [0.15, 0.2) is 0 Å². The van der Waals surface area contributed by atoms with Crippen LogP contribution in [0.25, 0.3) is 0 Å². The highest BCUT2D eigenvalue weighted by Gasteiger charge is 2.22. The van der Waals surface area contributed by atoms with Gasteiger partial charge in [-0.2, -0.15) is 0 Å². The zero-order valence-corrected chi connectivity index (χ0v) is 13.7. The minimum atomic E-state index is -1.07. The number of amides is 2. The van der Waals surface area contributed by atoms with Gasteiger partial charge in [0.25, 0.3) is 0 Å². The van der Waals surface area contributed by atoms with Crippen LogP contribution in [-0.2, 0) is 9.59 Å². The zero-order chi connectivity index (χ0) is 16.3. The topological polar surface area (TPSA) is 92.4 Å². The molecule has 0 rings (SSSR count). The maximum absolute atomic E-state index is 11.8. The molecule has 5 nitrogen and oxygen atoms in total. The lowest BCUT2D eigenvalue weighted by molar-refractivity contribution is -0.133. The molecule has 0 heterocycles. The van der Waals surface area contributed by atoms with Crippen LogP contribution in [0.15, 0.2) is 0 Å². The van der Waals surface area contributed by atoms with Crippen LogP contribution in [0.4, 0.5) is 0 Å². The number of hydrogen-bond donors (Lipinski definition) is 3. The van der Waals surface area contributed by atoms with E-state index in [0.717, 1.165) is 19.3 Å². The standard InChI is InChI=1S/C16H32N2O3/c1-4-5-6-7-8-9-10-13(15(17)20)18-16(21)14(19)11-12(2)3/h12-14,19H,4-11H2,1-3H3,(H2,17,20)(H,18,21)/t13-,14-/m0/s1. The van der Waals surface area contributed by atoms with Gasteiger partial charge in [0, 0.05) is 0 Å². The molecule has 2 atom stereocenters. The van der Waals surface area contributed by atoms with E-state index in [1.807, 2.05) is 13.8 Å². The number of aliphatic hydroxyl groups is 1. The third-order valence-electron chi connectivity index (χ3n) is 3.50. The number of primary amides is 1. The summed E-state index contributed by atoms with van der Waals surface area (Å²) < 4.78 is 0. The number of nitrogens with one attached hydrogen (secondary N) is 1. The predicted molar refractivity (Wildman–Crippen MR) is 84.6 cm³/mol. The van der Waals surface area contributed by atoms with Crippen molar-refractivity contribution in [3.8, 4) is 0 Å². The number of nitrogens with two attached hydrogens (primary N) is 1. The fourth-order valence-corrected chi connectivity index (χ4v) is 2.24. The molecule has 5 heteroatoms. The summed E-state index contributed by atoms with van der Waals surface area (Å²) in [6.07, 6.45) is 6.53. The molecule has 0 aliphatic heterocycles. The second-order valence-electron chi connectivity index (χ2n) is 6.17. The van der Waals surface area contributed by atoms with Gasteiger partial charge in [-0.1, -0.05) is 59.3 Å². The Morgan fingerprint density at radius 1 is 1.10 bits per heavy atom. The molecule has 124 valence electrons. The normalized spacial score (nSPS) is 14.0. The van der Waals surface area contributed by atoms with E-state index in [-0.39, 0.29) is 5.92 Å². The molecule has 21 heavy (non-hydrogen) atoms. The van der Waals surface area contributed by atoms with Gasteiger partial charge in [0.2, 0.25) is 11.8 Å². The van der Waals surface area contributed by atoms with Crippen LogP contribution in [0.2, 0.25) is 0 Å². The molecule has 0 unspecified atom stereocenters. The van der Waals surface area contributed by atoms with E-state index in [0.29, 0.717) is 12.8 Å². The first-order chi connectivity index (χ1) is 9.88. The largest absolute Gasteiger partial charge is 0.383 e. The Morgan fingerprint density at radius 2 is 1.67 bits per heavy atom. The molecule has 0 saturated carbocycles. The maximum atomic E-state index is 11.8. The Hall–Kier alpha value is -1.10. The lowest BCUT2D eigenvalue weighted by Gasteiger charge is -2.19. The first kappa shape index (κ1) is 19.9. The van der Waals surface area contributed by atoms with Crippen LogP contribution in [0.3, 0.4) is 0 Å². The molecular formula is C16H32N2O3. The average Bonchev–Trinajstić information content (AvgIpc) is 2.39. The summed E-state index contributed by atoms with van der Waals surface area (Å²) in [5.41, 5.74) is 5.31. The second-order valence-corrected chi connectivity index (χ2v) is 6.17. The third kappa shape index (κ3) is 10.3. The molecule has 0 aliphatic carbocycles. The summed E-state index contributed by atoms with van der Waals surface area (Å²) in [6.45, 7) is 6.03. The molecule has 4 N–H and O–H groups in total. The van der Waals surface area contributed by atoms with Gasteiger partial charge in [-0.3, -0.25) is 9.59 Å². The van der Waals surface area contributed by atoms with E-state index < -0.39 is 24.0 Å². The summed E-state index contributed by atoms with van der Waals surface area (Å²) in [5, 5.41) is 12.3. The van der Waals surface area contributed by atoms with Crippen LogP contribution in [0.5, 0.6) is 0 Å². The number of hydrogen-bond acceptors (Lipinski definition) is 3. The molecule has 0 aromatic heterocycles. The molecule has 0 spiro atoms. The fraction of sp³-hybridized carbons (Fsp3) is 0.875. The van der Waals surface area contributed by atoms with Gasteiger partial charge in [-0.25, -0.2) is 0 Å². The second kappa shape index (κ2) is 11.5. The van der Waals surface area contributed by atoms with Crippen molar-refractivity contribution in [3.63, 3.8) is 0 Å². The number of aliphatic hydroxyl groups excluding tert-OH is 1. The highest BCUT2D eigenvalue weighted by Crippen LogP contribution is 2.10. The van der Waals surface area contributed by atoms with Crippen molar-refractivity contribution in [2.45, 2.75) is 84.3 Å². The maximum Gasteiger partial charge on any atom is 0.249 e. The summed E-state index contributed by atoms with van der Waals surface area (Å²) in [6, 6.07) is -0.675. The van der Waals surface area contributed by atoms with E-state index >= 15 is 0 Å². The number of carbonyl (C=O) groups is 2. The van der Waals surface area contributed by atoms with Crippen molar-refractivity contribution in [2.24, 2.45) is 11.7 Å². The number of rotatable bonds is 12. The van der Waals surface area contributed by atoms with E-state index in [2.05, 4.69) is 12.2 Å². The molecule has 2 amide bonds. The van der Waals surface area contributed by atoms with Crippen molar-refractivity contribution in [2.75, 3.05) is 0 Å². The van der Waals surface area contributed by atoms with Crippen LogP contribution in [0, 0.1) is 5.92 Å². The van der Waals surface area contributed by atoms with Crippen LogP contribution >= 0.6 is 0 Å². The highest BCUT2D eigenvalue weighted by atomic mass is 16.3. The molecule has 0 aliphatic rings. The van der Waals surface area contributed by atoms with Gasteiger partial charge in [-0.05, 0) is 18.8 Å². The van der Waals surface area contributed by atoms with E-state index in [1.165, 1.54) is 19.3 Å². The summed E-state index contributed by atoms with van der Waals surface area (Å²) in [5.74, 6) is -0.816. The van der Waals surface area contributed by atoms with Crippen molar-refractivity contribution in [3.05, 3.63) is 0 Å². The van der Waals surface area contributed by atoms with Gasteiger partial charge in [0.1, 0.15) is 12.1 Å². The Balaban J connectivity index is 4.07. The summed E-state index contributed by atoms with van der Waals surface area (Å²) in [4.78, 5) is 23.2. The minimum absolute atomic E-state index is 0.219. The molecular weight excluding hydrogens is 268 g/mol. The van der Waals surface area contributed by atoms with Crippen molar-refractivity contribution < 1.29 is 14.7 Å². The Bertz CT molecular complexity index is 306. The third-order valence-corrected chi connectivity index (χ3v) is 3.50. The molecule has 0 aromatic carbocycles. The van der Waals surface area contributed by atoms with Gasteiger partial charge < -0.3 is 16.2 Å². The molecule has 0 fully saturated rings. The lowest BCUT2D eigenvalue weighted by Crippen LogP contribution is -2.48. The van der Waals surface area contributed by atoms with Crippen molar-refractivity contribution >= 4 is 11.8 Å². The fourth-order valence-electron chi connectivity index (χ4n) is 2.24. The van der Waals surface area contributed by atoms with E-state index in [1.54, 1.807) is 0 Å². The number of carbonyl (C=O) groups excluding carboxylic acids is 2. The van der Waals surface area contributed by atoms with E-state index in [4.69, 9.17) is 5.73 Å². The SMILES string of the molecule is CCCCCCCC[C@H](NC(=O)[C@@H](O)CC(C)C)C(N)=O. The monoisotopic (exact) mass is 300 g/mol. The molecule has 0 bridgehead atoms. The predicted octanol–water partition coefficient (Wildman–Crippen LogP) is 2.11. The molecule has 0 radical (unpaired) electrons. The smallest absolute Gasteiger partial charge is 0.249 e.